The van der Waals surface area contributed by atoms with Crippen molar-refractivity contribution in [2.45, 2.75) is 52.0 Å². The summed E-state index contributed by atoms with van der Waals surface area (Å²) in [6.45, 7) is 6.69. The van der Waals surface area contributed by atoms with Crippen molar-refractivity contribution >= 4 is 23.3 Å². The van der Waals surface area contributed by atoms with E-state index in [1.54, 1.807) is 6.07 Å². The third-order valence-corrected chi connectivity index (χ3v) is 5.05. The molecule has 0 saturated heterocycles. The number of hydrogen-bond donors (Lipinski definition) is 2. The number of hydrogen-bond acceptors (Lipinski definition) is 2. The second-order valence-electron chi connectivity index (χ2n) is 7.13. The minimum absolute atomic E-state index is 0.231. The number of carbonyl (C=O) groups is 1. The highest BCUT2D eigenvalue weighted by atomic mass is 35.5. The lowest BCUT2D eigenvalue weighted by Crippen LogP contribution is -2.50. The van der Waals surface area contributed by atoms with Crippen LogP contribution in [0, 0.1) is 11.3 Å². The molecule has 4 heteroatoms. The summed E-state index contributed by atoms with van der Waals surface area (Å²) in [4.78, 5) is 11.8. The van der Waals surface area contributed by atoms with E-state index in [0.29, 0.717) is 29.5 Å². The van der Waals surface area contributed by atoms with Crippen LogP contribution in [0.1, 0.15) is 46.5 Å². The molecule has 1 fully saturated rings. The molecule has 1 aromatic carbocycles. The van der Waals surface area contributed by atoms with Gasteiger partial charge in [-0.15, -0.1) is 0 Å². The molecule has 0 aromatic heterocycles. The number of aliphatic carboxylic acids is 1. The van der Waals surface area contributed by atoms with Crippen LogP contribution in [0.2, 0.25) is 5.02 Å². The van der Waals surface area contributed by atoms with E-state index in [-0.39, 0.29) is 5.41 Å². The van der Waals surface area contributed by atoms with E-state index >= 15 is 0 Å². The summed E-state index contributed by atoms with van der Waals surface area (Å²) >= 11 is 6.16. The number of nitrogens with one attached hydrogen (secondary N) is 1. The van der Waals surface area contributed by atoms with Crippen LogP contribution in [-0.4, -0.2) is 16.6 Å². The number of rotatable bonds is 3. The summed E-state index contributed by atoms with van der Waals surface area (Å²) in [5, 5.41) is 13.5. The van der Waals surface area contributed by atoms with Gasteiger partial charge in [-0.1, -0.05) is 44.5 Å². The maximum absolute atomic E-state index is 11.8. The lowest BCUT2D eigenvalue weighted by molar-refractivity contribution is -0.144. The zero-order chi connectivity index (χ0) is 15.7. The Labute approximate surface area is 131 Å². The number of halogens is 1. The highest BCUT2D eigenvalue weighted by Crippen LogP contribution is 2.43. The van der Waals surface area contributed by atoms with Crippen molar-refractivity contribution in [1.82, 2.24) is 0 Å². The molecule has 0 spiro atoms. The van der Waals surface area contributed by atoms with Gasteiger partial charge in [-0.3, -0.25) is 0 Å². The van der Waals surface area contributed by atoms with E-state index in [4.69, 9.17) is 11.6 Å². The highest BCUT2D eigenvalue weighted by molar-refractivity contribution is 6.33. The predicted octanol–water partition coefficient (Wildman–Crippen LogP) is 4.81. The number of benzene rings is 1. The summed E-state index contributed by atoms with van der Waals surface area (Å²) in [6.07, 6.45) is 3.12. The monoisotopic (exact) mass is 309 g/mol. The Bertz CT molecular complexity index is 514. The molecule has 1 saturated carbocycles. The van der Waals surface area contributed by atoms with Gasteiger partial charge in [0, 0.05) is 0 Å². The lowest BCUT2D eigenvalue weighted by Gasteiger charge is -2.42. The molecule has 0 heterocycles. The van der Waals surface area contributed by atoms with E-state index in [1.165, 1.54) is 0 Å². The van der Waals surface area contributed by atoms with Crippen LogP contribution in [0.3, 0.4) is 0 Å². The maximum atomic E-state index is 11.8. The Kier molecular flexibility index (Phi) is 4.52. The molecule has 1 aliphatic rings. The van der Waals surface area contributed by atoms with Crippen molar-refractivity contribution in [1.29, 1.82) is 0 Å². The first-order valence-corrected chi connectivity index (χ1v) is 7.88. The molecule has 0 bridgehead atoms. The second-order valence-corrected chi connectivity index (χ2v) is 7.54. The van der Waals surface area contributed by atoms with Gasteiger partial charge in [0.05, 0.1) is 10.7 Å². The van der Waals surface area contributed by atoms with Gasteiger partial charge in [0.2, 0.25) is 0 Å². The first kappa shape index (κ1) is 16.2. The fraction of sp³-hybridized carbons (Fsp3) is 0.588. The summed E-state index contributed by atoms with van der Waals surface area (Å²) < 4.78 is 0. The molecule has 1 aliphatic carbocycles. The number of carboxylic acid groups (broad SMARTS) is 1. The van der Waals surface area contributed by atoms with Crippen LogP contribution in [0.5, 0.6) is 0 Å². The predicted molar refractivity (Wildman–Crippen MR) is 86.9 cm³/mol. The zero-order valence-electron chi connectivity index (χ0n) is 12.9. The fourth-order valence-electron chi connectivity index (χ4n) is 3.19. The van der Waals surface area contributed by atoms with Crippen LogP contribution in [0.15, 0.2) is 24.3 Å². The molecule has 0 aliphatic heterocycles. The molecule has 116 valence electrons. The number of carboxylic acids is 1. The summed E-state index contributed by atoms with van der Waals surface area (Å²) in [5.74, 6) is -0.215. The standard InChI is InChI=1S/C17H24ClNO2/c1-16(2,3)12-8-10-17(11-9-12,15(20)21)19-14-7-5-4-6-13(14)18/h4-7,12,19H,8-11H2,1-3H3,(H,20,21). The van der Waals surface area contributed by atoms with Gasteiger partial charge in [-0.25, -0.2) is 4.79 Å². The van der Waals surface area contributed by atoms with E-state index in [2.05, 4.69) is 26.1 Å². The normalized spacial score (nSPS) is 26.4. The topological polar surface area (TPSA) is 49.3 Å². The maximum Gasteiger partial charge on any atom is 0.329 e. The Hall–Kier alpha value is -1.22. The van der Waals surface area contributed by atoms with Gasteiger partial charge in [0.25, 0.3) is 0 Å². The Morgan fingerprint density at radius 3 is 2.33 bits per heavy atom. The zero-order valence-corrected chi connectivity index (χ0v) is 13.7. The molecule has 0 radical (unpaired) electrons. The van der Waals surface area contributed by atoms with Crippen LogP contribution >= 0.6 is 11.6 Å². The first-order valence-electron chi connectivity index (χ1n) is 7.51. The van der Waals surface area contributed by atoms with Crippen molar-refractivity contribution in [3.8, 4) is 0 Å². The molecule has 2 N–H and O–H groups in total. The molecular formula is C17H24ClNO2. The Balaban J connectivity index is 2.17. The van der Waals surface area contributed by atoms with Gasteiger partial charge in [0.1, 0.15) is 5.54 Å². The van der Waals surface area contributed by atoms with E-state index in [1.807, 2.05) is 18.2 Å². The summed E-state index contributed by atoms with van der Waals surface area (Å²) in [6, 6.07) is 7.32. The minimum Gasteiger partial charge on any atom is -0.480 e. The smallest absolute Gasteiger partial charge is 0.329 e. The van der Waals surface area contributed by atoms with E-state index in [0.717, 1.165) is 12.8 Å². The SMILES string of the molecule is CC(C)(C)C1CCC(Nc2ccccc2Cl)(C(=O)O)CC1. The average Bonchev–Trinajstić information content (AvgIpc) is 2.41. The molecule has 2 rings (SSSR count). The Morgan fingerprint density at radius 2 is 1.86 bits per heavy atom. The van der Waals surface area contributed by atoms with Crippen molar-refractivity contribution in [3.05, 3.63) is 29.3 Å². The minimum atomic E-state index is -0.896. The molecule has 0 amide bonds. The largest absolute Gasteiger partial charge is 0.480 e. The van der Waals surface area contributed by atoms with Gasteiger partial charge >= 0.3 is 5.97 Å². The molecule has 1 aromatic rings. The van der Waals surface area contributed by atoms with Crippen molar-refractivity contribution in [2.75, 3.05) is 5.32 Å². The van der Waals surface area contributed by atoms with Crippen LogP contribution in [0.25, 0.3) is 0 Å². The van der Waals surface area contributed by atoms with Gasteiger partial charge in [-0.05, 0) is 49.1 Å². The summed E-state index contributed by atoms with van der Waals surface area (Å²) in [5.41, 5.74) is 0.0395. The van der Waals surface area contributed by atoms with Crippen LogP contribution < -0.4 is 5.32 Å². The Morgan fingerprint density at radius 1 is 1.29 bits per heavy atom. The molecule has 21 heavy (non-hydrogen) atoms. The molecule has 0 unspecified atom stereocenters. The van der Waals surface area contributed by atoms with Crippen LogP contribution in [-0.2, 0) is 4.79 Å². The van der Waals surface area contributed by atoms with E-state index in [9.17, 15) is 9.90 Å². The summed E-state index contributed by atoms with van der Waals surface area (Å²) in [7, 11) is 0. The third kappa shape index (κ3) is 3.52. The van der Waals surface area contributed by atoms with Crippen molar-refractivity contribution < 1.29 is 9.90 Å². The number of para-hydroxylation sites is 1. The van der Waals surface area contributed by atoms with Crippen LogP contribution in [0.4, 0.5) is 5.69 Å². The number of anilines is 1. The van der Waals surface area contributed by atoms with Gasteiger partial charge in [0.15, 0.2) is 0 Å². The molecule has 3 nitrogen and oxygen atoms in total. The third-order valence-electron chi connectivity index (χ3n) is 4.72. The second kappa shape index (κ2) is 5.88. The highest BCUT2D eigenvalue weighted by Gasteiger charge is 2.44. The fourth-order valence-corrected chi connectivity index (χ4v) is 3.37. The van der Waals surface area contributed by atoms with Gasteiger partial charge in [-0.2, -0.15) is 0 Å². The van der Waals surface area contributed by atoms with Crippen molar-refractivity contribution in [2.24, 2.45) is 11.3 Å². The molecule has 0 atom stereocenters. The molecular weight excluding hydrogens is 286 g/mol. The lowest BCUT2D eigenvalue weighted by atomic mass is 9.67. The quantitative estimate of drug-likeness (QED) is 0.842. The van der Waals surface area contributed by atoms with Gasteiger partial charge < -0.3 is 10.4 Å². The average molecular weight is 310 g/mol. The van der Waals surface area contributed by atoms with E-state index < -0.39 is 11.5 Å². The first-order chi connectivity index (χ1) is 9.74. The van der Waals surface area contributed by atoms with Crippen molar-refractivity contribution in [3.63, 3.8) is 0 Å².